The number of hydrogen-bond acceptors (Lipinski definition) is 1. The van der Waals surface area contributed by atoms with E-state index in [1.165, 1.54) is 0 Å². The van der Waals surface area contributed by atoms with Crippen molar-refractivity contribution in [2.45, 2.75) is 45.5 Å². The van der Waals surface area contributed by atoms with E-state index in [0.717, 1.165) is 24.0 Å². The van der Waals surface area contributed by atoms with Crippen LogP contribution in [0.5, 0.6) is 0 Å². The third-order valence-corrected chi connectivity index (χ3v) is 3.93. The standard InChI is InChI=1S/C18H26OSi/c1-15(2)11-12-17(13-14-20(3,4)5)18(19)16-9-7-6-8-10-16/h6-10,17-19H,1,11-12H2,2-5H3. The molecule has 0 spiro atoms. The van der Waals surface area contributed by atoms with E-state index in [1.54, 1.807) is 0 Å². The fourth-order valence-corrected chi connectivity index (χ4v) is 2.52. The van der Waals surface area contributed by atoms with Gasteiger partial charge in [-0.05, 0) is 25.3 Å². The first-order valence-corrected chi connectivity index (χ1v) is 10.7. The first-order valence-electron chi connectivity index (χ1n) is 7.19. The van der Waals surface area contributed by atoms with Gasteiger partial charge in [0.05, 0.1) is 12.0 Å². The molecule has 0 fully saturated rings. The van der Waals surface area contributed by atoms with E-state index in [2.05, 4.69) is 37.7 Å². The lowest BCUT2D eigenvalue weighted by atomic mass is 9.91. The molecule has 1 aromatic carbocycles. The Labute approximate surface area is 124 Å². The molecule has 1 aromatic rings. The van der Waals surface area contributed by atoms with E-state index in [4.69, 9.17) is 0 Å². The minimum Gasteiger partial charge on any atom is -0.387 e. The maximum atomic E-state index is 10.6. The van der Waals surface area contributed by atoms with Crippen molar-refractivity contribution in [3.63, 3.8) is 0 Å². The Kier molecular flexibility index (Phi) is 6.26. The van der Waals surface area contributed by atoms with Crippen molar-refractivity contribution in [1.82, 2.24) is 0 Å². The number of rotatable bonds is 5. The molecular formula is C18H26OSi. The number of aliphatic hydroxyl groups is 1. The summed E-state index contributed by atoms with van der Waals surface area (Å²) in [6, 6.07) is 9.82. The number of hydrogen-bond donors (Lipinski definition) is 1. The van der Waals surface area contributed by atoms with Gasteiger partial charge < -0.3 is 5.11 Å². The Morgan fingerprint density at radius 2 is 1.85 bits per heavy atom. The molecule has 108 valence electrons. The molecule has 0 aliphatic rings. The van der Waals surface area contributed by atoms with Gasteiger partial charge in [0.25, 0.3) is 0 Å². The quantitative estimate of drug-likeness (QED) is 0.477. The Hall–Kier alpha value is -1.30. The highest BCUT2D eigenvalue weighted by Crippen LogP contribution is 2.26. The van der Waals surface area contributed by atoms with Crippen LogP contribution in [-0.2, 0) is 0 Å². The van der Waals surface area contributed by atoms with E-state index in [0.29, 0.717) is 0 Å². The minimum absolute atomic E-state index is 0.0131. The fraction of sp³-hybridized carbons (Fsp3) is 0.444. The molecule has 1 nitrogen and oxygen atoms in total. The Bertz CT molecular complexity index is 488. The molecule has 20 heavy (non-hydrogen) atoms. The van der Waals surface area contributed by atoms with Crippen molar-refractivity contribution < 1.29 is 5.11 Å². The van der Waals surface area contributed by atoms with Crippen LogP contribution in [0.25, 0.3) is 0 Å². The summed E-state index contributed by atoms with van der Waals surface area (Å²) in [5.74, 6) is 3.32. The predicted octanol–water partition coefficient (Wildman–Crippen LogP) is 4.57. The van der Waals surface area contributed by atoms with Crippen LogP contribution in [0.3, 0.4) is 0 Å². The van der Waals surface area contributed by atoms with Gasteiger partial charge in [0.15, 0.2) is 0 Å². The zero-order valence-corrected chi connectivity index (χ0v) is 14.1. The van der Waals surface area contributed by atoms with Crippen molar-refractivity contribution in [2.75, 3.05) is 0 Å². The van der Waals surface area contributed by atoms with Gasteiger partial charge in [-0.2, -0.15) is 0 Å². The minimum atomic E-state index is -1.42. The second-order valence-corrected chi connectivity index (χ2v) is 11.2. The van der Waals surface area contributed by atoms with Crippen molar-refractivity contribution in [3.8, 4) is 11.5 Å². The molecule has 0 bridgehead atoms. The molecule has 2 atom stereocenters. The van der Waals surface area contributed by atoms with Gasteiger partial charge in [0.2, 0.25) is 0 Å². The van der Waals surface area contributed by atoms with Gasteiger partial charge in [0.1, 0.15) is 8.07 Å². The molecule has 0 radical (unpaired) electrons. The number of allylic oxidation sites excluding steroid dienone is 1. The van der Waals surface area contributed by atoms with Gasteiger partial charge in [-0.1, -0.05) is 55.5 Å². The topological polar surface area (TPSA) is 20.2 Å². The average Bonchev–Trinajstić information content (AvgIpc) is 2.37. The summed E-state index contributed by atoms with van der Waals surface area (Å²) in [7, 11) is -1.42. The fourth-order valence-electron chi connectivity index (χ4n) is 1.90. The summed E-state index contributed by atoms with van der Waals surface area (Å²) in [6.45, 7) is 12.7. The zero-order valence-electron chi connectivity index (χ0n) is 13.1. The second kappa shape index (κ2) is 7.47. The lowest BCUT2D eigenvalue weighted by Gasteiger charge is -2.19. The van der Waals surface area contributed by atoms with Crippen molar-refractivity contribution in [2.24, 2.45) is 5.92 Å². The predicted molar refractivity (Wildman–Crippen MR) is 90.1 cm³/mol. The largest absolute Gasteiger partial charge is 0.387 e. The van der Waals surface area contributed by atoms with Crippen LogP contribution in [0.15, 0.2) is 42.5 Å². The molecule has 0 aliphatic heterocycles. The summed E-state index contributed by atoms with van der Waals surface area (Å²) in [5, 5.41) is 10.6. The van der Waals surface area contributed by atoms with E-state index in [-0.39, 0.29) is 5.92 Å². The molecule has 0 saturated heterocycles. The molecule has 0 aliphatic carbocycles. The SMILES string of the molecule is C=C(C)CCC(C#C[Si](C)(C)C)C(O)c1ccccc1. The monoisotopic (exact) mass is 286 g/mol. The second-order valence-electron chi connectivity index (χ2n) is 6.48. The van der Waals surface area contributed by atoms with Crippen LogP contribution in [0, 0.1) is 17.4 Å². The summed E-state index contributed by atoms with van der Waals surface area (Å²) >= 11 is 0. The molecule has 1 N–H and O–H groups in total. The molecule has 1 rings (SSSR count). The first-order chi connectivity index (χ1) is 9.29. The zero-order chi connectivity index (χ0) is 15.2. The van der Waals surface area contributed by atoms with Crippen LogP contribution < -0.4 is 0 Å². The smallest absolute Gasteiger partial charge is 0.129 e. The van der Waals surface area contributed by atoms with Crippen molar-refractivity contribution in [1.29, 1.82) is 0 Å². The molecule has 2 unspecified atom stereocenters. The molecule has 0 saturated carbocycles. The van der Waals surface area contributed by atoms with Crippen LogP contribution >= 0.6 is 0 Å². The normalized spacial score (nSPS) is 14.1. The number of benzene rings is 1. The first kappa shape index (κ1) is 16.8. The van der Waals surface area contributed by atoms with Gasteiger partial charge in [-0.25, -0.2) is 0 Å². The van der Waals surface area contributed by atoms with Crippen LogP contribution in [-0.4, -0.2) is 13.2 Å². The Morgan fingerprint density at radius 1 is 1.25 bits per heavy atom. The van der Waals surface area contributed by atoms with Crippen molar-refractivity contribution >= 4 is 8.07 Å². The lowest BCUT2D eigenvalue weighted by Crippen LogP contribution is -2.18. The van der Waals surface area contributed by atoms with Crippen LogP contribution in [0.4, 0.5) is 0 Å². The maximum absolute atomic E-state index is 10.6. The third-order valence-electron chi connectivity index (χ3n) is 3.04. The molecular weight excluding hydrogens is 260 g/mol. The van der Waals surface area contributed by atoms with E-state index < -0.39 is 14.2 Å². The highest BCUT2D eigenvalue weighted by atomic mass is 28.3. The van der Waals surface area contributed by atoms with Gasteiger partial charge in [0, 0.05) is 0 Å². The summed E-state index contributed by atoms with van der Waals surface area (Å²) in [6.07, 6.45) is 1.26. The summed E-state index contributed by atoms with van der Waals surface area (Å²) in [4.78, 5) is 0. The highest BCUT2D eigenvalue weighted by molar-refractivity contribution is 6.83. The van der Waals surface area contributed by atoms with E-state index in [1.807, 2.05) is 37.3 Å². The maximum Gasteiger partial charge on any atom is 0.129 e. The van der Waals surface area contributed by atoms with E-state index >= 15 is 0 Å². The van der Waals surface area contributed by atoms with E-state index in [9.17, 15) is 5.11 Å². The molecule has 2 heteroatoms. The molecule has 0 aromatic heterocycles. The van der Waals surface area contributed by atoms with Crippen molar-refractivity contribution in [3.05, 3.63) is 48.0 Å². The Morgan fingerprint density at radius 3 is 2.35 bits per heavy atom. The van der Waals surface area contributed by atoms with Crippen LogP contribution in [0.1, 0.15) is 31.4 Å². The number of aliphatic hydroxyl groups excluding tert-OH is 1. The van der Waals surface area contributed by atoms with Gasteiger partial charge in [-0.3, -0.25) is 0 Å². The average molecular weight is 286 g/mol. The highest BCUT2D eigenvalue weighted by Gasteiger charge is 2.19. The Balaban J connectivity index is 2.91. The summed E-state index contributed by atoms with van der Waals surface area (Å²) in [5.41, 5.74) is 5.49. The molecule has 0 amide bonds. The van der Waals surface area contributed by atoms with Gasteiger partial charge in [-0.15, -0.1) is 18.0 Å². The third kappa shape index (κ3) is 6.23. The lowest BCUT2D eigenvalue weighted by molar-refractivity contribution is 0.131. The summed E-state index contributed by atoms with van der Waals surface area (Å²) < 4.78 is 0. The van der Waals surface area contributed by atoms with Crippen LogP contribution in [0.2, 0.25) is 19.6 Å². The molecule has 0 heterocycles. The van der Waals surface area contributed by atoms with Gasteiger partial charge >= 0.3 is 0 Å².